The molecule has 0 fully saturated rings. The number of carboxylic acid groups (broad SMARTS) is 1. The largest absolute Gasteiger partial charge is 0.476 e. The van der Waals surface area contributed by atoms with Crippen LogP contribution in [0.5, 0.6) is 0 Å². The van der Waals surface area contributed by atoms with Crippen LogP contribution in [-0.4, -0.2) is 35.1 Å². The van der Waals surface area contributed by atoms with Gasteiger partial charge in [0.15, 0.2) is 5.69 Å². The minimum absolute atomic E-state index is 0.0763. The van der Waals surface area contributed by atoms with Crippen molar-refractivity contribution in [3.05, 3.63) is 42.4 Å². The minimum Gasteiger partial charge on any atom is -0.476 e. The number of aromatic carboxylic acids is 1. The van der Waals surface area contributed by atoms with Gasteiger partial charge in [-0.05, 0) is 18.2 Å². The first kappa shape index (κ1) is 12.8. The lowest BCUT2D eigenvalue weighted by molar-refractivity contribution is 0.0690. The van der Waals surface area contributed by atoms with E-state index in [0.29, 0.717) is 5.82 Å². The van der Waals surface area contributed by atoms with Gasteiger partial charge in [-0.1, -0.05) is 6.07 Å². The summed E-state index contributed by atoms with van der Waals surface area (Å²) in [6.07, 6.45) is 2.62. The van der Waals surface area contributed by atoms with Crippen molar-refractivity contribution >= 4 is 23.2 Å². The molecule has 0 aliphatic rings. The van der Waals surface area contributed by atoms with E-state index >= 15 is 0 Å². The number of carbonyl (C=O) groups is 1. The van der Waals surface area contributed by atoms with Gasteiger partial charge in [0.25, 0.3) is 0 Å². The number of nitrogens with zero attached hydrogens (tertiary/aromatic N) is 3. The van der Waals surface area contributed by atoms with Crippen LogP contribution in [0.4, 0.5) is 17.2 Å². The van der Waals surface area contributed by atoms with E-state index in [9.17, 15) is 4.79 Å². The number of anilines is 3. The fourth-order valence-corrected chi connectivity index (χ4v) is 1.51. The highest BCUT2D eigenvalue weighted by molar-refractivity contribution is 5.85. The van der Waals surface area contributed by atoms with Crippen LogP contribution in [0.3, 0.4) is 0 Å². The van der Waals surface area contributed by atoms with Crippen LogP contribution >= 0.6 is 0 Å². The third-order valence-corrected chi connectivity index (χ3v) is 2.51. The minimum atomic E-state index is -1.09. The molecule has 1 heterocycles. The van der Waals surface area contributed by atoms with E-state index < -0.39 is 5.97 Å². The summed E-state index contributed by atoms with van der Waals surface area (Å²) in [6.45, 7) is 0. The lowest BCUT2D eigenvalue weighted by atomic mass is 10.2. The summed E-state index contributed by atoms with van der Waals surface area (Å²) in [5, 5.41) is 11.8. The summed E-state index contributed by atoms with van der Waals surface area (Å²) in [5.41, 5.74) is 1.84. The number of hydrogen-bond donors (Lipinski definition) is 2. The Morgan fingerprint density at radius 2 is 2.05 bits per heavy atom. The second-order valence-electron chi connectivity index (χ2n) is 4.16. The zero-order chi connectivity index (χ0) is 13.8. The predicted molar refractivity (Wildman–Crippen MR) is 73.0 cm³/mol. The second kappa shape index (κ2) is 5.34. The molecular weight excluding hydrogens is 244 g/mol. The van der Waals surface area contributed by atoms with Gasteiger partial charge in [0.2, 0.25) is 0 Å². The Morgan fingerprint density at radius 1 is 1.26 bits per heavy atom. The van der Waals surface area contributed by atoms with E-state index in [4.69, 9.17) is 5.11 Å². The highest BCUT2D eigenvalue weighted by atomic mass is 16.4. The molecule has 19 heavy (non-hydrogen) atoms. The highest BCUT2D eigenvalue weighted by Crippen LogP contribution is 2.20. The van der Waals surface area contributed by atoms with Gasteiger partial charge in [-0.15, -0.1) is 0 Å². The quantitative estimate of drug-likeness (QED) is 0.873. The average Bonchev–Trinajstić information content (AvgIpc) is 2.39. The van der Waals surface area contributed by atoms with Crippen LogP contribution in [0.25, 0.3) is 0 Å². The summed E-state index contributed by atoms with van der Waals surface area (Å²) < 4.78 is 0. The van der Waals surface area contributed by atoms with Crippen molar-refractivity contribution in [2.75, 3.05) is 24.3 Å². The summed E-state index contributed by atoms with van der Waals surface area (Å²) in [6, 6.07) is 7.79. The highest BCUT2D eigenvalue weighted by Gasteiger charge is 2.05. The van der Waals surface area contributed by atoms with E-state index in [1.807, 2.05) is 43.3 Å². The number of carboxylic acids is 1. The molecule has 98 valence electrons. The molecule has 2 rings (SSSR count). The number of benzene rings is 1. The SMILES string of the molecule is CN(C)c1cccc(Nc2cnc(C(=O)O)cn2)c1. The van der Waals surface area contributed by atoms with Gasteiger partial charge in [-0.25, -0.2) is 14.8 Å². The molecule has 6 heteroatoms. The van der Waals surface area contributed by atoms with Crippen LogP contribution in [0.2, 0.25) is 0 Å². The van der Waals surface area contributed by atoms with Gasteiger partial charge in [0, 0.05) is 25.5 Å². The van der Waals surface area contributed by atoms with Crippen molar-refractivity contribution in [3.63, 3.8) is 0 Å². The maximum Gasteiger partial charge on any atom is 0.356 e. The molecule has 0 atom stereocenters. The number of rotatable bonds is 4. The third kappa shape index (κ3) is 3.19. The number of nitrogens with one attached hydrogen (secondary N) is 1. The molecule has 1 aromatic carbocycles. The van der Waals surface area contributed by atoms with Gasteiger partial charge in [0.1, 0.15) is 5.82 Å². The van der Waals surface area contributed by atoms with Crippen LogP contribution < -0.4 is 10.2 Å². The molecule has 0 aliphatic heterocycles. The Morgan fingerprint density at radius 3 is 2.63 bits per heavy atom. The van der Waals surface area contributed by atoms with Crippen molar-refractivity contribution in [1.82, 2.24) is 9.97 Å². The zero-order valence-electron chi connectivity index (χ0n) is 10.7. The monoisotopic (exact) mass is 258 g/mol. The smallest absolute Gasteiger partial charge is 0.356 e. The first-order valence-electron chi connectivity index (χ1n) is 5.66. The van der Waals surface area contributed by atoms with E-state index in [2.05, 4.69) is 15.3 Å². The maximum atomic E-state index is 10.7. The molecule has 0 radical (unpaired) electrons. The summed E-state index contributed by atoms with van der Waals surface area (Å²) in [4.78, 5) is 20.5. The van der Waals surface area contributed by atoms with Crippen LogP contribution in [0, 0.1) is 0 Å². The first-order chi connectivity index (χ1) is 9.06. The molecule has 2 N–H and O–H groups in total. The van der Waals surface area contributed by atoms with Gasteiger partial charge < -0.3 is 15.3 Å². The third-order valence-electron chi connectivity index (χ3n) is 2.51. The van der Waals surface area contributed by atoms with Crippen molar-refractivity contribution in [2.24, 2.45) is 0 Å². The Hall–Kier alpha value is -2.63. The molecule has 0 spiro atoms. The predicted octanol–water partition coefficient (Wildman–Crippen LogP) is 1.98. The molecule has 0 saturated heterocycles. The Balaban J connectivity index is 2.16. The summed E-state index contributed by atoms with van der Waals surface area (Å²) >= 11 is 0. The normalized spacial score (nSPS) is 10.0. The average molecular weight is 258 g/mol. The molecule has 0 bridgehead atoms. The molecule has 0 unspecified atom stereocenters. The van der Waals surface area contributed by atoms with Gasteiger partial charge in [-0.2, -0.15) is 0 Å². The van der Waals surface area contributed by atoms with Gasteiger partial charge in [0.05, 0.1) is 12.4 Å². The van der Waals surface area contributed by atoms with Gasteiger partial charge >= 0.3 is 5.97 Å². The molecule has 0 aliphatic carbocycles. The maximum absolute atomic E-state index is 10.7. The summed E-state index contributed by atoms with van der Waals surface area (Å²) in [5.74, 6) is -0.588. The number of hydrogen-bond acceptors (Lipinski definition) is 5. The molecule has 1 aromatic heterocycles. The van der Waals surface area contributed by atoms with Crippen molar-refractivity contribution < 1.29 is 9.90 Å². The lowest BCUT2D eigenvalue weighted by Crippen LogP contribution is -2.08. The molecular formula is C13H14N4O2. The van der Waals surface area contributed by atoms with Crippen molar-refractivity contribution in [2.45, 2.75) is 0 Å². The molecule has 6 nitrogen and oxygen atoms in total. The van der Waals surface area contributed by atoms with E-state index in [1.165, 1.54) is 12.4 Å². The first-order valence-corrected chi connectivity index (χ1v) is 5.66. The number of aromatic nitrogens is 2. The topological polar surface area (TPSA) is 78.4 Å². The Labute approximate surface area is 110 Å². The van der Waals surface area contributed by atoms with E-state index in [-0.39, 0.29) is 5.69 Å². The van der Waals surface area contributed by atoms with Gasteiger partial charge in [-0.3, -0.25) is 0 Å². The summed E-state index contributed by atoms with van der Waals surface area (Å²) in [7, 11) is 3.92. The van der Waals surface area contributed by atoms with Crippen molar-refractivity contribution in [3.8, 4) is 0 Å². The fraction of sp³-hybridized carbons (Fsp3) is 0.154. The van der Waals surface area contributed by atoms with E-state index in [1.54, 1.807) is 0 Å². The lowest BCUT2D eigenvalue weighted by Gasteiger charge is -2.14. The molecule has 0 amide bonds. The molecule has 0 saturated carbocycles. The Bertz CT molecular complexity index is 581. The van der Waals surface area contributed by atoms with Crippen LogP contribution in [0.1, 0.15) is 10.5 Å². The Kier molecular flexibility index (Phi) is 3.61. The van der Waals surface area contributed by atoms with Crippen molar-refractivity contribution in [1.29, 1.82) is 0 Å². The fourth-order valence-electron chi connectivity index (χ4n) is 1.51. The zero-order valence-corrected chi connectivity index (χ0v) is 10.7. The van der Waals surface area contributed by atoms with Crippen LogP contribution in [0.15, 0.2) is 36.7 Å². The molecule has 2 aromatic rings. The second-order valence-corrected chi connectivity index (χ2v) is 4.16. The van der Waals surface area contributed by atoms with E-state index in [0.717, 1.165) is 11.4 Å². The standard InChI is InChI=1S/C13H14N4O2/c1-17(2)10-5-3-4-9(6-10)16-12-8-14-11(7-15-12)13(18)19/h3-8H,1-2H3,(H,15,16)(H,18,19). The van der Waals surface area contributed by atoms with Crippen LogP contribution in [-0.2, 0) is 0 Å².